The first-order valence-corrected chi connectivity index (χ1v) is 13.0. The second-order valence-electron chi connectivity index (χ2n) is 9.82. The summed E-state index contributed by atoms with van der Waals surface area (Å²) in [4.78, 5) is 17.9. The van der Waals surface area contributed by atoms with Crippen LogP contribution in [0.15, 0.2) is 42.5 Å². The Morgan fingerprint density at radius 1 is 1.03 bits per heavy atom. The molecule has 3 aliphatic rings. The Morgan fingerprint density at radius 2 is 1.77 bits per heavy atom. The van der Waals surface area contributed by atoms with Crippen LogP contribution in [-0.4, -0.2) is 72.8 Å². The number of hydrogen-bond acceptors (Lipinski definition) is 6. The molecular weight excluding hydrogens is 466 g/mol. The lowest BCUT2D eigenvalue weighted by atomic mass is 9.99. The van der Waals surface area contributed by atoms with Crippen molar-refractivity contribution in [3.05, 3.63) is 58.6 Å². The Balaban J connectivity index is 1.24. The van der Waals surface area contributed by atoms with Crippen molar-refractivity contribution in [1.82, 2.24) is 15.1 Å². The van der Waals surface area contributed by atoms with Gasteiger partial charge in [0.15, 0.2) is 11.5 Å². The van der Waals surface area contributed by atoms with Crippen LogP contribution in [0.5, 0.6) is 11.5 Å². The summed E-state index contributed by atoms with van der Waals surface area (Å²) in [5.41, 5.74) is 1.92. The van der Waals surface area contributed by atoms with Gasteiger partial charge in [-0.2, -0.15) is 0 Å². The molecule has 0 aromatic heterocycles. The summed E-state index contributed by atoms with van der Waals surface area (Å²) in [5, 5.41) is 15.3. The maximum atomic E-state index is 13.3. The summed E-state index contributed by atoms with van der Waals surface area (Å²) >= 11 is 6.00. The van der Waals surface area contributed by atoms with Crippen LogP contribution in [0.1, 0.15) is 36.5 Å². The van der Waals surface area contributed by atoms with Gasteiger partial charge in [0, 0.05) is 24.7 Å². The van der Waals surface area contributed by atoms with Gasteiger partial charge in [0.05, 0.1) is 12.0 Å². The molecule has 2 N–H and O–H groups in total. The zero-order valence-corrected chi connectivity index (χ0v) is 20.8. The predicted molar refractivity (Wildman–Crippen MR) is 135 cm³/mol. The van der Waals surface area contributed by atoms with Crippen molar-refractivity contribution in [3.8, 4) is 11.5 Å². The number of hydrogen-bond donors (Lipinski definition) is 2. The van der Waals surface area contributed by atoms with Crippen LogP contribution >= 0.6 is 11.6 Å². The topological polar surface area (TPSA) is 74.3 Å². The van der Waals surface area contributed by atoms with E-state index in [9.17, 15) is 9.90 Å². The molecule has 0 bridgehead atoms. The normalized spacial score (nSPS) is 22.2. The van der Waals surface area contributed by atoms with Crippen molar-refractivity contribution in [2.75, 3.05) is 45.9 Å². The third-order valence-corrected chi connectivity index (χ3v) is 7.48. The first-order chi connectivity index (χ1) is 17.0. The highest BCUT2D eigenvalue weighted by atomic mass is 35.5. The number of amides is 1. The van der Waals surface area contributed by atoms with Crippen molar-refractivity contribution in [1.29, 1.82) is 0 Å². The zero-order chi connectivity index (χ0) is 24.2. The molecule has 0 aliphatic carbocycles. The molecule has 8 heteroatoms. The lowest BCUT2D eigenvalue weighted by Crippen LogP contribution is -2.48. The molecule has 3 atom stereocenters. The van der Waals surface area contributed by atoms with Crippen LogP contribution in [0.4, 0.5) is 0 Å². The number of aliphatic hydroxyl groups excluding tert-OH is 1. The van der Waals surface area contributed by atoms with Crippen molar-refractivity contribution in [2.45, 2.75) is 38.0 Å². The minimum Gasteiger partial charge on any atom is -0.486 e. The van der Waals surface area contributed by atoms with Gasteiger partial charge >= 0.3 is 0 Å². The number of nitrogens with one attached hydrogen (secondary N) is 1. The molecule has 3 aliphatic heterocycles. The number of carbonyl (C=O) groups is 1. The average molecular weight is 500 g/mol. The summed E-state index contributed by atoms with van der Waals surface area (Å²) < 4.78 is 11.3. The molecule has 7 nitrogen and oxygen atoms in total. The molecule has 2 aromatic carbocycles. The lowest BCUT2D eigenvalue weighted by Gasteiger charge is -2.30. The molecule has 1 amide bonds. The van der Waals surface area contributed by atoms with Crippen molar-refractivity contribution < 1.29 is 19.4 Å². The number of nitrogens with zero attached hydrogens (tertiary/aromatic N) is 2. The second-order valence-corrected chi connectivity index (χ2v) is 10.3. The molecule has 0 radical (unpaired) electrons. The quantitative estimate of drug-likeness (QED) is 0.581. The number of benzene rings is 2. The standard InChI is InChI=1S/C27H34ClN3O4/c28-22-6-3-19(4-7-22)16-31-12-9-21(17-31)27(33)29-23(18-30-10-1-2-11-30)26(32)20-5-8-24-25(15-20)35-14-13-34-24/h3-8,15,21,23,26,32H,1-2,9-14,16-18H2,(H,29,33)/t21-,23+,26+/m0/s1. The number of fused-ring (bicyclic) bond motifs is 1. The van der Waals surface area contributed by atoms with Gasteiger partial charge < -0.3 is 24.8 Å². The van der Waals surface area contributed by atoms with Gasteiger partial charge in [-0.25, -0.2) is 0 Å². The molecule has 0 spiro atoms. The molecule has 35 heavy (non-hydrogen) atoms. The van der Waals surface area contributed by atoms with Crippen LogP contribution in [0.2, 0.25) is 5.02 Å². The van der Waals surface area contributed by atoms with Crippen molar-refractivity contribution >= 4 is 17.5 Å². The Kier molecular flexibility index (Phi) is 7.78. The summed E-state index contributed by atoms with van der Waals surface area (Å²) in [6.07, 6.45) is 2.30. The van der Waals surface area contributed by atoms with E-state index in [1.807, 2.05) is 42.5 Å². The van der Waals surface area contributed by atoms with Gasteiger partial charge in [0.25, 0.3) is 0 Å². The third-order valence-electron chi connectivity index (χ3n) is 7.23. The molecule has 0 unspecified atom stereocenters. The highest BCUT2D eigenvalue weighted by molar-refractivity contribution is 6.30. The van der Waals surface area contributed by atoms with Crippen LogP contribution in [0.25, 0.3) is 0 Å². The minimum atomic E-state index is -0.832. The lowest BCUT2D eigenvalue weighted by molar-refractivity contribution is -0.126. The highest BCUT2D eigenvalue weighted by Crippen LogP contribution is 2.34. The van der Waals surface area contributed by atoms with Gasteiger partial charge in [-0.05, 0) is 74.3 Å². The molecule has 3 heterocycles. The Hall–Kier alpha value is -2.32. The first kappa shape index (κ1) is 24.4. The van der Waals surface area contributed by atoms with E-state index in [2.05, 4.69) is 15.1 Å². The zero-order valence-electron chi connectivity index (χ0n) is 20.0. The van der Waals surface area contributed by atoms with Crippen LogP contribution in [-0.2, 0) is 11.3 Å². The Morgan fingerprint density at radius 3 is 2.54 bits per heavy atom. The van der Waals surface area contributed by atoms with Crippen molar-refractivity contribution in [3.63, 3.8) is 0 Å². The second kappa shape index (κ2) is 11.2. The molecule has 2 aromatic rings. The van der Waals surface area contributed by atoms with E-state index in [1.165, 1.54) is 5.56 Å². The number of halogens is 1. The summed E-state index contributed by atoms with van der Waals surface area (Å²) in [6.45, 7) is 6.04. The van der Waals surface area contributed by atoms with Gasteiger partial charge in [0.1, 0.15) is 19.3 Å². The maximum Gasteiger partial charge on any atom is 0.224 e. The van der Waals surface area contributed by atoms with E-state index >= 15 is 0 Å². The smallest absolute Gasteiger partial charge is 0.224 e. The van der Waals surface area contributed by atoms with Gasteiger partial charge in [-0.15, -0.1) is 0 Å². The summed E-state index contributed by atoms with van der Waals surface area (Å²) in [6, 6.07) is 13.0. The maximum absolute atomic E-state index is 13.3. The van der Waals surface area contributed by atoms with E-state index in [0.717, 1.165) is 56.0 Å². The van der Waals surface area contributed by atoms with Crippen LogP contribution in [0, 0.1) is 5.92 Å². The van der Waals surface area contributed by atoms with Gasteiger partial charge in [0.2, 0.25) is 5.91 Å². The largest absolute Gasteiger partial charge is 0.486 e. The number of likely N-dealkylation sites (tertiary alicyclic amines) is 2. The third kappa shape index (κ3) is 6.09. The van der Waals surface area contributed by atoms with E-state index in [1.54, 1.807) is 0 Å². The van der Waals surface area contributed by atoms with E-state index in [0.29, 0.717) is 37.8 Å². The fourth-order valence-electron chi connectivity index (χ4n) is 5.28. The number of aliphatic hydroxyl groups is 1. The number of carbonyl (C=O) groups excluding carboxylic acids is 1. The van der Waals surface area contributed by atoms with Gasteiger partial charge in [-0.1, -0.05) is 29.8 Å². The Labute approximate surface area is 212 Å². The highest BCUT2D eigenvalue weighted by Gasteiger charge is 2.33. The average Bonchev–Trinajstić information content (AvgIpc) is 3.57. The van der Waals surface area contributed by atoms with Gasteiger partial charge in [-0.3, -0.25) is 9.69 Å². The predicted octanol–water partition coefficient (Wildman–Crippen LogP) is 3.25. The minimum absolute atomic E-state index is 0.0180. The molecule has 0 saturated carbocycles. The van der Waals surface area contributed by atoms with Crippen LogP contribution < -0.4 is 14.8 Å². The van der Waals surface area contributed by atoms with E-state index < -0.39 is 12.1 Å². The summed E-state index contributed by atoms with van der Waals surface area (Å²) in [7, 11) is 0. The fraction of sp³-hybridized carbons (Fsp3) is 0.519. The first-order valence-electron chi connectivity index (χ1n) is 12.6. The monoisotopic (exact) mass is 499 g/mol. The molecular formula is C27H34ClN3O4. The molecule has 2 fully saturated rings. The molecule has 188 valence electrons. The van der Waals surface area contributed by atoms with E-state index in [4.69, 9.17) is 21.1 Å². The molecule has 2 saturated heterocycles. The number of ether oxygens (including phenoxy) is 2. The number of rotatable bonds is 8. The summed E-state index contributed by atoms with van der Waals surface area (Å²) in [5.74, 6) is 1.27. The molecule has 5 rings (SSSR count). The fourth-order valence-corrected chi connectivity index (χ4v) is 5.41. The van der Waals surface area contributed by atoms with E-state index in [-0.39, 0.29) is 11.8 Å². The Bertz CT molecular complexity index is 1010. The van der Waals surface area contributed by atoms with Crippen LogP contribution in [0.3, 0.4) is 0 Å². The SMILES string of the molecule is O=C(N[C@H](CN1CCCC1)[C@H](O)c1ccc2c(c1)OCCO2)[C@H]1CCN(Cc2ccc(Cl)cc2)C1. The van der Waals surface area contributed by atoms with Crippen molar-refractivity contribution in [2.24, 2.45) is 5.92 Å².